The molecule has 0 amide bonds. The van der Waals surface area contributed by atoms with Gasteiger partial charge in [0, 0.05) is 6.42 Å². The Morgan fingerprint density at radius 1 is 1.03 bits per heavy atom. The molecule has 32 heavy (non-hydrogen) atoms. The Labute approximate surface area is 194 Å². The van der Waals surface area contributed by atoms with E-state index in [1.807, 2.05) is 25.1 Å². The van der Waals surface area contributed by atoms with Gasteiger partial charge in [-0.3, -0.25) is 9.59 Å². The standard InChI is InChI=1S/C28H30O3S/c1-4-20(2)19-28(3)26(30)25(27(31)32-28)24(29)14-10-5-7-11-21-15-17-23(18-16-21)22-12-8-6-9-13-22/h4,6,8-9,12-13,15-19,30H,1,5,7,10-11,14H2,2-3H3/b20-19+/t28-/m1/s1. The van der Waals surface area contributed by atoms with E-state index in [4.69, 9.17) is 0 Å². The Morgan fingerprint density at radius 2 is 1.69 bits per heavy atom. The van der Waals surface area contributed by atoms with Crippen molar-refractivity contribution in [2.45, 2.75) is 50.7 Å². The third-order valence-corrected chi connectivity index (χ3v) is 6.87. The molecule has 1 atom stereocenters. The first-order chi connectivity index (χ1) is 15.3. The number of rotatable bonds is 10. The lowest BCUT2D eigenvalue weighted by molar-refractivity contribution is -0.118. The topological polar surface area (TPSA) is 54.4 Å². The highest BCUT2D eigenvalue weighted by molar-refractivity contribution is 8.16. The van der Waals surface area contributed by atoms with E-state index >= 15 is 0 Å². The molecule has 0 bridgehead atoms. The van der Waals surface area contributed by atoms with E-state index < -0.39 is 4.75 Å². The zero-order chi connectivity index (χ0) is 23.1. The molecule has 2 aromatic rings. The first-order valence-electron chi connectivity index (χ1n) is 11.0. The number of hydrogen-bond acceptors (Lipinski definition) is 4. The van der Waals surface area contributed by atoms with E-state index in [2.05, 4.69) is 43.0 Å². The Balaban J connectivity index is 1.48. The van der Waals surface area contributed by atoms with Gasteiger partial charge in [0.25, 0.3) is 0 Å². The van der Waals surface area contributed by atoms with Crippen LogP contribution in [0.5, 0.6) is 0 Å². The largest absolute Gasteiger partial charge is 0.510 e. The minimum Gasteiger partial charge on any atom is -0.510 e. The molecule has 0 fully saturated rings. The van der Waals surface area contributed by atoms with Crippen molar-refractivity contribution in [3.63, 3.8) is 0 Å². The maximum atomic E-state index is 12.6. The van der Waals surface area contributed by atoms with E-state index in [1.54, 1.807) is 19.1 Å². The first kappa shape index (κ1) is 23.8. The molecule has 3 nitrogen and oxygen atoms in total. The molecule has 1 aliphatic rings. The molecule has 0 aromatic heterocycles. The number of aliphatic hydroxyl groups is 1. The van der Waals surface area contributed by atoms with E-state index in [0.29, 0.717) is 6.42 Å². The van der Waals surface area contributed by atoms with Crippen LogP contribution in [0, 0.1) is 0 Å². The summed E-state index contributed by atoms with van der Waals surface area (Å²) in [7, 11) is 0. The molecule has 3 rings (SSSR count). The van der Waals surface area contributed by atoms with Crippen LogP contribution < -0.4 is 0 Å². The molecular formula is C28H30O3S. The van der Waals surface area contributed by atoms with Gasteiger partial charge in [0.1, 0.15) is 11.3 Å². The second-order valence-corrected chi connectivity index (χ2v) is 9.78. The van der Waals surface area contributed by atoms with Crippen molar-refractivity contribution < 1.29 is 14.7 Å². The lowest BCUT2D eigenvalue weighted by Crippen LogP contribution is -2.18. The summed E-state index contributed by atoms with van der Waals surface area (Å²) in [5.41, 5.74) is 4.50. The van der Waals surface area contributed by atoms with Crippen LogP contribution in [0.3, 0.4) is 0 Å². The average Bonchev–Trinajstić information content (AvgIpc) is 3.01. The number of benzene rings is 2. The van der Waals surface area contributed by atoms with Crippen molar-refractivity contribution in [3.8, 4) is 11.1 Å². The minimum absolute atomic E-state index is 0.0397. The highest BCUT2D eigenvalue weighted by atomic mass is 32.2. The number of allylic oxidation sites excluding steroid dienone is 2. The van der Waals surface area contributed by atoms with Gasteiger partial charge in [0.05, 0.1) is 4.75 Å². The molecule has 1 aliphatic heterocycles. The Hall–Kier alpha value is -2.85. The fourth-order valence-electron chi connectivity index (χ4n) is 3.88. The summed E-state index contributed by atoms with van der Waals surface area (Å²) in [5, 5.41) is 10.2. The molecule has 0 aliphatic carbocycles. The van der Waals surface area contributed by atoms with Gasteiger partial charge >= 0.3 is 0 Å². The number of unbranched alkanes of at least 4 members (excludes halogenated alkanes) is 2. The van der Waals surface area contributed by atoms with Crippen LogP contribution in [-0.2, 0) is 16.0 Å². The maximum Gasteiger partial charge on any atom is 0.227 e. The summed E-state index contributed by atoms with van der Waals surface area (Å²) in [5.74, 6) is -0.391. The van der Waals surface area contributed by atoms with Gasteiger partial charge in [-0.05, 0) is 49.8 Å². The number of carbonyl (C=O) groups excluding carboxylic acids is 2. The normalized spacial score (nSPS) is 18.8. The number of thioether (sulfide) groups is 1. The molecule has 4 heteroatoms. The third kappa shape index (κ3) is 5.68. The monoisotopic (exact) mass is 446 g/mol. The SMILES string of the molecule is C=C/C(C)=C/[C@@]1(C)SC(=O)C(C(=O)CCCCCc2ccc(-c3ccccc3)cc2)=C1O. The van der Waals surface area contributed by atoms with Gasteiger partial charge in [-0.2, -0.15) is 0 Å². The fourth-order valence-corrected chi connectivity index (χ4v) is 5.03. The van der Waals surface area contributed by atoms with E-state index in [1.165, 1.54) is 16.7 Å². The van der Waals surface area contributed by atoms with Gasteiger partial charge in [-0.25, -0.2) is 0 Å². The number of aliphatic hydroxyl groups excluding tert-OH is 1. The molecule has 1 N–H and O–H groups in total. The molecule has 0 unspecified atom stereocenters. The van der Waals surface area contributed by atoms with Crippen LogP contribution in [-0.4, -0.2) is 20.8 Å². The molecule has 2 aromatic carbocycles. The van der Waals surface area contributed by atoms with E-state index in [-0.39, 0.29) is 28.7 Å². The highest BCUT2D eigenvalue weighted by Gasteiger charge is 2.44. The fraction of sp³-hybridized carbons (Fsp3) is 0.286. The number of ketones is 1. The van der Waals surface area contributed by atoms with Gasteiger partial charge in [0.15, 0.2) is 5.78 Å². The van der Waals surface area contributed by atoms with Crippen LogP contribution in [0.15, 0.2) is 90.2 Å². The molecule has 0 radical (unpaired) electrons. The Kier molecular flexibility index (Phi) is 7.92. The quantitative estimate of drug-likeness (QED) is 0.242. The first-order valence-corrected chi connectivity index (χ1v) is 11.8. The molecular weight excluding hydrogens is 416 g/mol. The molecule has 0 saturated heterocycles. The third-order valence-electron chi connectivity index (χ3n) is 5.75. The summed E-state index contributed by atoms with van der Waals surface area (Å²) in [6.07, 6.45) is 7.25. The van der Waals surface area contributed by atoms with E-state index in [0.717, 1.165) is 36.6 Å². The summed E-state index contributed by atoms with van der Waals surface area (Å²) in [4.78, 5) is 25.0. The summed E-state index contributed by atoms with van der Waals surface area (Å²) in [6.45, 7) is 7.31. The van der Waals surface area contributed by atoms with Gasteiger partial charge in [-0.15, -0.1) is 0 Å². The van der Waals surface area contributed by atoms with Crippen molar-refractivity contribution in [2.24, 2.45) is 0 Å². The lowest BCUT2D eigenvalue weighted by atomic mass is 9.97. The van der Waals surface area contributed by atoms with Crippen LogP contribution in [0.4, 0.5) is 0 Å². The molecule has 1 heterocycles. The van der Waals surface area contributed by atoms with Crippen LogP contribution in [0.1, 0.15) is 45.1 Å². The summed E-state index contributed by atoms with van der Waals surface area (Å²) in [6, 6.07) is 18.9. The summed E-state index contributed by atoms with van der Waals surface area (Å²) < 4.78 is -0.897. The highest BCUT2D eigenvalue weighted by Crippen LogP contribution is 2.44. The average molecular weight is 447 g/mol. The predicted molar refractivity (Wildman–Crippen MR) is 134 cm³/mol. The van der Waals surface area contributed by atoms with Crippen molar-refractivity contribution in [1.29, 1.82) is 0 Å². The Morgan fingerprint density at radius 3 is 2.34 bits per heavy atom. The number of aryl methyl sites for hydroxylation is 1. The maximum absolute atomic E-state index is 12.6. The minimum atomic E-state index is -0.897. The number of hydrogen-bond donors (Lipinski definition) is 1. The van der Waals surface area contributed by atoms with Crippen molar-refractivity contribution in [1.82, 2.24) is 0 Å². The zero-order valence-electron chi connectivity index (χ0n) is 18.8. The molecule has 0 spiro atoms. The number of Topliss-reactive ketones (excluding diaryl/α,β-unsaturated/α-hetero) is 1. The van der Waals surface area contributed by atoms with Gasteiger partial charge in [0.2, 0.25) is 5.12 Å². The number of carbonyl (C=O) groups is 2. The van der Waals surface area contributed by atoms with Crippen molar-refractivity contribution in [3.05, 3.63) is 95.8 Å². The van der Waals surface area contributed by atoms with Crippen LogP contribution in [0.25, 0.3) is 11.1 Å². The summed E-state index contributed by atoms with van der Waals surface area (Å²) >= 11 is 0.989. The second kappa shape index (κ2) is 10.6. The predicted octanol–water partition coefficient (Wildman–Crippen LogP) is 7.00. The van der Waals surface area contributed by atoms with Gasteiger partial charge in [-0.1, -0.05) is 97.1 Å². The molecule has 0 saturated carbocycles. The Bertz CT molecular complexity index is 1050. The lowest BCUT2D eigenvalue weighted by Gasteiger charge is -2.18. The van der Waals surface area contributed by atoms with Crippen molar-refractivity contribution in [2.75, 3.05) is 0 Å². The van der Waals surface area contributed by atoms with Gasteiger partial charge < -0.3 is 5.11 Å². The molecule has 166 valence electrons. The van der Waals surface area contributed by atoms with Crippen molar-refractivity contribution >= 4 is 22.7 Å². The zero-order valence-corrected chi connectivity index (χ0v) is 19.6. The smallest absolute Gasteiger partial charge is 0.227 e. The van der Waals surface area contributed by atoms with Crippen LogP contribution >= 0.6 is 11.8 Å². The second-order valence-electron chi connectivity index (χ2n) is 8.36. The van der Waals surface area contributed by atoms with E-state index in [9.17, 15) is 14.7 Å². The van der Waals surface area contributed by atoms with Crippen LogP contribution in [0.2, 0.25) is 0 Å².